The predicted octanol–water partition coefficient (Wildman–Crippen LogP) is 3.85. The summed E-state index contributed by atoms with van der Waals surface area (Å²) in [4.78, 5) is 10.6. The Balaban J connectivity index is 1.89. The minimum atomic E-state index is -0.390. The maximum atomic E-state index is 11.0. The van der Waals surface area contributed by atoms with E-state index in [0.717, 1.165) is 29.8 Å². The number of benzene rings is 2. The number of non-ortho nitro benzene ring substituents is 1. The molecule has 6 nitrogen and oxygen atoms in total. The van der Waals surface area contributed by atoms with Crippen molar-refractivity contribution >= 4 is 11.4 Å². The number of nitrogens with one attached hydrogen (secondary N) is 1. The molecule has 6 heteroatoms. The Bertz CT molecular complexity index is 761. The lowest BCUT2D eigenvalue weighted by Crippen LogP contribution is -2.09. The van der Waals surface area contributed by atoms with Gasteiger partial charge in [0.2, 0.25) is 0 Å². The SMILES string of the molecule is COCc1cc([N+](=O)[O-])ccc1NC1CCc2c(OC)cccc21. The van der Waals surface area contributed by atoms with Crippen molar-refractivity contribution in [1.29, 1.82) is 0 Å². The van der Waals surface area contributed by atoms with E-state index >= 15 is 0 Å². The van der Waals surface area contributed by atoms with Crippen molar-refractivity contribution in [2.45, 2.75) is 25.5 Å². The molecule has 0 aromatic heterocycles. The summed E-state index contributed by atoms with van der Waals surface area (Å²) in [5.41, 5.74) is 4.16. The van der Waals surface area contributed by atoms with Crippen molar-refractivity contribution in [3.8, 4) is 5.75 Å². The van der Waals surface area contributed by atoms with Gasteiger partial charge in [-0.2, -0.15) is 0 Å². The minimum Gasteiger partial charge on any atom is -0.496 e. The average molecular weight is 328 g/mol. The highest BCUT2D eigenvalue weighted by molar-refractivity contribution is 5.58. The van der Waals surface area contributed by atoms with Gasteiger partial charge in [-0.15, -0.1) is 0 Å². The fourth-order valence-electron chi connectivity index (χ4n) is 3.26. The van der Waals surface area contributed by atoms with Crippen molar-refractivity contribution in [3.05, 3.63) is 63.2 Å². The van der Waals surface area contributed by atoms with E-state index in [4.69, 9.17) is 9.47 Å². The first-order valence-electron chi connectivity index (χ1n) is 7.82. The quantitative estimate of drug-likeness (QED) is 0.644. The van der Waals surface area contributed by atoms with Crippen LogP contribution >= 0.6 is 0 Å². The first-order valence-corrected chi connectivity index (χ1v) is 7.82. The molecule has 1 unspecified atom stereocenters. The van der Waals surface area contributed by atoms with E-state index in [1.54, 1.807) is 26.4 Å². The number of rotatable bonds is 6. The molecule has 2 aromatic carbocycles. The van der Waals surface area contributed by atoms with Crippen LogP contribution in [0.15, 0.2) is 36.4 Å². The monoisotopic (exact) mass is 328 g/mol. The van der Waals surface area contributed by atoms with E-state index in [-0.39, 0.29) is 11.7 Å². The van der Waals surface area contributed by atoms with Crippen LogP contribution in [0, 0.1) is 10.1 Å². The largest absolute Gasteiger partial charge is 0.496 e. The molecule has 1 aliphatic carbocycles. The van der Waals surface area contributed by atoms with Crippen LogP contribution in [0.3, 0.4) is 0 Å². The summed E-state index contributed by atoms with van der Waals surface area (Å²) in [5.74, 6) is 0.914. The molecular formula is C18H20N2O4. The molecular weight excluding hydrogens is 308 g/mol. The molecule has 0 saturated carbocycles. The normalized spacial score (nSPS) is 15.8. The number of hydrogen-bond donors (Lipinski definition) is 1. The van der Waals surface area contributed by atoms with Crippen LogP contribution in [0.4, 0.5) is 11.4 Å². The van der Waals surface area contributed by atoms with Crippen LogP contribution in [0.25, 0.3) is 0 Å². The second-order valence-electron chi connectivity index (χ2n) is 5.80. The summed E-state index contributed by atoms with van der Waals surface area (Å²) in [7, 11) is 3.27. The second-order valence-corrected chi connectivity index (χ2v) is 5.80. The van der Waals surface area contributed by atoms with Crippen LogP contribution in [-0.2, 0) is 17.8 Å². The van der Waals surface area contributed by atoms with Crippen LogP contribution in [0.1, 0.15) is 29.2 Å². The highest BCUT2D eigenvalue weighted by Gasteiger charge is 2.25. The van der Waals surface area contributed by atoms with Gasteiger partial charge in [-0.05, 0) is 36.1 Å². The Hall–Kier alpha value is -2.60. The zero-order valence-corrected chi connectivity index (χ0v) is 13.7. The zero-order chi connectivity index (χ0) is 17.1. The number of methoxy groups -OCH3 is 2. The van der Waals surface area contributed by atoms with E-state index < -0.39 is 4.92 Å². The van der Waals surface area contributed by atoms with Gasteiger partial charge in [0.15, 0.2) is 0 Å². The van der Waals surface area contributed by atoms with Crippen molar-refractivity contribution in [2.75, 3.05) is 19.5 Å². The third-order valence-electron chi connectivity index (χ3n) is 4.38. The first-order chi connectivity index (χ1) is 11.6. The lowest BCUT2D eigenvalue weighted by molar-refractivity contribution is -0.384. The van der Waals surface area contributed by atoms with E-state index in [0.29, 0.717) is 6.61 Å². The van der Waals surface area contributed by atoms with Gasteiger partial charge in [0.05, 0.1) is 24.7 Å². The van der Waals surface area contributed by atoms with E-state index in [1.807, 2.05) is 12.1 Å². The standard InChI is InChI=1S/C18H20N2O4/c1-23-11-12-10-13(20(21)22)6-8-16(12)19-17-9-7-15-14(17)4-3-5-18(15)24-2/h3-6,8,10,17,19H,7,9,11H2,1-2H3. The molecule has 24 heavy (non-hydrogen) atoms. The number of nitro benzene ring substituents is 1. The summed E-state index contributed by atoms with van der Waals surface area (Å²) in [6.07, 6.45) is 1.91. The van der Waals surface area contributed by atoms with Gasteiger partial charge in [0, 0.05) is 30.5 Å². The molecule has 0 aliphatic heterocycles. The number of ether oxygens (including phenoxy) is 2. The van der Waals surface area contributed by atoms with Crippen molar-refractivity contribution in [1.82, 2.24) is 0 Å². The van der Waals surface area contributed by atoms with Crippen molar-refractivity contribution < 1.29 is 14.4 Å². The molecule has 0 heterocycles. The summed E-state index contributed by atoms with van der Waals surface area (Å²) >= 11 is 0. The molecule has 126 valence electrons. The lowest BCUT2D eigenvalue weighted by atomic mass is 10.1. The highest BCUT2D eigenvalue weighted by Crippen LogP contribution is 2.39. The molecule has 1 N–H and O–H groups in total. The molecule has 0 fully saturated rings. The predicted molar refractivity (Wildman–Crippen MR) is 91.5 cm³/mol. The average Bonchev–Trinajstić information content (AvgIpc) is 2.99. The first kappa shape index (κ1) is 16.3. The molecule has 0 bridgehead atoms. The van der Waals surface area contributed by atoms with Crippen LogP contribution in [0.2, 0.25) is 0 Å². The Morgan fingerprint density at radius 3 is 2.83 bits per heavy atom. The summed E-state index contributed by atoms with van der Waals surface area (Å²) in [6.45, 7) is 0.321. The van der Waals surface area contributed by atoms with E-state index in [1.165, 1.54) is 17.2 Å². The highest BCUT2D eigenvalue weighted by atomic mass is 16.6. The Morgan fingerprint density at radius 2 is 2.12 bits per heavy atom. The van der Waals surface area contributed by atoms with Crippen LogP contribution < -0.4 is 10.1 Å². The Morgan fingerprint density at radius 1 is 1.29 bits per heavy atom. The van der Waals surface area contributed by atoms with Gasteiger partial charge in [-0.3, -0.25) is 10.1 Å². The van der Waals surface area contributed by atoms with Crippen molar-refractivity contribution in [3.63, 3.8) is 0 Å². The molecule has 0 radical (unpaired) electrons. The molecule has 1 aliphatic rings. The Kier molecular flexibility index (Phi) is 4.66. The summed E-state index contributed by atoms with van der Waals surface area (Å²) < 4.78 is 10.6. The molecule has 2 aromatic rings. The van der Waals surface area contributed by atoms with E-state index in [9.17, 15) is 10.1 Å². The van der Waals surface area contributed by atoms with Crippen molar-refractivity contribution in [2.24, 2.45) is 0 Å². The van der Waals surface area contributed by atoms with Gasteiger partial charge < -0.3 is 14.8 Å². The summed E-state index contributed by atoms with van der Waals surface area (Å²) in [6, 6.07) is 11.1. The maximum absolute atomic E-state index is 11.0. The molecule has 0 spiro atoms. The Labute approximate surface area is 140 Å². The van der Waals surface area contributed by atoms with Gasteiger partial charge in [0.25, 0.3) is 5.69 Å². The third kappa shape index (κ3) is 3.05. The van der Waals surface area contributed by atoms with Crippen LogP contribution in [0.5, 0.6) is 5.75 Å². The minimum absolute atomic E-state index is 0.0705. The molecule has 0 saturated heterocycles. The van der Waals surface area contributed by atoms with E-state index in [2.05, 4.69) is 11.4 Å². The van der Waals surface area contributed by atoms with Gasteiger partial charge in [-0.1, -0.05) is 12.1 Å². The third-order valence-corrected chi connectivity index (χ3v) is 4.38. The fourth-order valence-corrected chi connectivity index (χ4v) is 3.26. The summed E-state index contributed by atoms with van der Waals surface area (Å²) in [5, 5.41) is 14.5. The van der Waals surface area contributed by atoms with Gasteiger partial charge >= 0.3 is 0 Å². The second kappa shape index (κ2) is 6.88. The molecule has 0 amide bonds. The lowest BCUT2D eigenvalue weighted by Gasteiger charge is -2.18. The van der Waals surface area contributed by atoms with Gasteiger partial charge in [0.1, 0.15) is 5.75 Å². The smallest absolute Gasteiger partial charge is 0.269 e. The number of hydrogen-bond acceptors (Lipinski definition) is 5. The zero-order valence-electron chi connectivity index (χ0n) is 13.7. The fraction of sp³-hybridized carbons (Fsp3) is 0.333. The molecule has 3 rings (SSSR count). The number of fused-ring (bicyclic) bond motifs is 1. The number of nitro groups is 1. The molecule has 1 atom stereocenters. The maximum Gasteiger partial charge on any atom is 0.269 e. The topological polar surface area (TPSA) is 73.6 Å². The van der Waals surface area contributed by atoms with Crippen LogP contribution in [-0.4, -0.2) is 19.1 Å². The number of anilines is 1. The number of nitrogens with zero attached hydrogens (tertiary/aromatic N) is 1. The van der Waals surface area contributed by atoms with Gasteiger partial charge in [-0.25, -0.2) is 0 Å².